The van der Waals surface area contributed by atoms with E-state index in [1.165, 1.54) is 0 Å². The van der Waals surface area contributed by atoms with Crippen molar-refractivity contribution in [2.75, 3.05) is 5.73 Å². The van der Waals surface area contributed by atoms with Gasteiger partial charge in [0.25, 0.3) is 0 Å². The molecule has 0 radical (unpaired) electrons. The molecule has 0 unspecified atom stereocenters. The molecule has 9 nitrogen and oxygen atoms in total. The van der Waals surface area contributed by atoms with Gasteiger partial charge < -0.3 is 10.2 Å². The monoisotopic (exact) mass is 321 g/mol. The molecule has 0 aliphatic heterocycles. The van der Waals surface area contributed by atoms with Gasteiger partial charge in [0.15, 0.2) is 23.2 Å². The van der Waals surface area contributed by atoms with E-state index in [4.69, 9.17) is 10.2 Å². The molecule has 118 valence electrons. The molecule has 9 heteroatoms. The maximum absolute atomic E-state index is 10.8. The standard InChI is InChI=1S/C15H11N7O2/c16-15-18-12(11-5-2-6-24-11)13-14(19-15)22(21-20-13)7-9-3-1-4-10(8-23)17-9/h1-6,8H,7H2,(H2,16,18,19). The van der Waals surface area contributed by atoms with Gasteiger partial charge in [0.2, 0.25) is 5.95 Å². The maximum Gasteiger partial charge on any atom is 0.222 e. The zero-order valence-electron chi connectivity index (χ0n) is 12.3. The van der Waals surface area contributed by atoms with Crippen molar-refractivity contribution in [3.8, 4) is 11.5 Å². The second-order valence-corrected chi connectivity index (χ2v) is 5.00. The number of pyridine rings is 1. The van der Waals surface area contributed by atoms with E-state index in [-0.39, 0.29) is 5.95 Å². The zero-order chi connectivity index (χ0) is 16.5. The summed E-state index contributed by atoms with van der Waals surface area (Å²) < 4.78 is 6.92. The van der Waals surface area contributed by atoms with E-state index >= 15 is 0 Å². The third kappa shape index (κ3) is 2.37. The Morgan fingerprint density at radius 2 is 2.08 bits per heavy atom. The summed E-state index contributed by atoms with van der Waals surface area (Å²) >= 11 is 0. The van der Waals surface area contributed by atoms with Gasteiger partial charge in [-0.05, 0) is 24.3 Å². The second-order valence-electron chi connectivity index (χ2n) is 5.00. The van der Waals surface area contributed by atoms with Crippen LogP contribution in [0.3, 0.4) is 0 Å². The minimum Gasteiger partial charge on any atom is -0.463 e. The first-order valence-electron chi connectivity index (χ1n) is 7.06. The van der Waals surface area contributed by atoms with E-state index in [0.29, 0.717) is 46.8 Å². The van der Waals surface area contributed by atoms with Crippen LogP contribution in [0.1, 0.15) is 16.2 Å². The van der Waals surface area contributed by atoms with Crippen molar-refractivity contribution < 1.29 is 9.21 Å². The van der Waals surface area contributed by atoms with Crippen LogP contribution in [0, 0.1) is 0 Å². The smallest absolute Gasteiger partial charge is 0.222 e. The molecular weight excluding hydrogens is 310 g/mol. The first-order valence-corrected chi connectivity index (χ1v) is 7.06. The first kappa shape index (κ1) is 14.0. The Morgan fingerprint density at radius 1 is 1.17 bits per heavy atom. The van der Waals surface area contributed by atoms with Crippen molar-refractivity contribution in [1.29, 1.82) is 0 Å². The quantitative estimate of drug-likeness (QED) is 0.558. The fraction of sp³-hybridized carbons (Fsp3) is 0.0667. The van der Waals surface area contributed by atoms with E-state index in [9.17, 15) is 4.79 Å². The summed E-state index contributed by atoms with van der Waals surface area (Å²) in [6, 6.07) is 8.68. The highest BCUT2D eigenvalue weighted by Crippen LogP contribution is 2.25. The molecule has 2 N–H and O–H groups in total. The van der Waals surface area contributed by atoms with Crippen LogP contribution in [0.25, 0.3) is 22.6 Å². The molecule has 0 aliphatic rings. The number of hydrogen-bond acceptors (Lipinski definition) is 8. The molecule has 0 atom stereocenters. The predicted molar refractivity (Wildman–Crippen MR) is 84.0 cm³/mol. The molecule has 0 saturated carbocycles. The number of nitrogens with two attached hydrogens (primary N) is 1. The number of carbonyl (C=O) groups is 1. The summed E-state index contributed by atoms with van der Waals surface area (Å²) in [5.74, 6) is 0.620. The molecule has 24 heavy (non-hydrogen) atoms. The number of furan rings is 1. The van der Waals surface area contributed by atoms with Gasteiger partial charge in [-0.2, -0.15) is 4.98 Å². The number of anilines is 1. The number of aldehydes is 1. The molecule has 4 aromatic rings. The van der Waals surface area contributed by atoms with Crippen LogP contribution in [-0.4, -0.2) is 36.2 Å². The Balaban J connectivity index is 1.81. The Morgan fingerprint density at radius 3 is 2.88 bits per heavy atom. The average Bonchev–Trinajstić information content (AvgIpc) is 3.25. The van der Waals surface area contributed by atoms with Gasteiger partial charge in [-0.1, -0.05) is 11.3 Å². The Kier molecular flexibility index (Phi) is 3.23. The Bertz CT molecular complexity index is 1020. The van der Waals surface area contributed by atoms with Gasteiger partial charge in [-0.3, -0.25) is 4.79 Å². The van der Waals surface area contributed by atoms with Crippen LogP contribution in [0.2, 0.25) is 0 Å². The zero-order valence-corrected chi connectivity index (χ0v) is 12.3. The maximum atomic E-state index is 10.8. The SMILES string of the molecule is Nc1nc(-c2ccco2)c2nnn(Cc3cccc(C=O)n3)c2n1. The Labute approximate surface area is 135 Å². The van der Waals surface area contributed by atoms with Crippen LogP contribution >= 0.6 is 0 Å². The molecule has 0 aliphatic carbocycles. The van der Waals surface area contributed by atoms with E-state index < -0.39 is 0 Å². The lowest BCUT2D eigenvalue weighted by Crippen LogP contribution is -2.07. The molecule has 0 aromatic carbocycles. The number of rotatable bonds is 4. The topological polar surface area (TPSA) is 126 Å². The number of aromatic nitrogens is 6. The van der Waals surface area contributed by atoms with Gasteiger partial charge in [-0.25, -0.2) is 14.6 Å². The van der Waals surface area contributed by atoms with Gasteiger partial charge in [-0.15, -0.1) is 5.10 Å². The number of hydrogen-bond donors (Lipinski definition) is 1. The van der Waals surface area contributed by atoms with Crippen molar-refractivity contribution in [2.24, 2.45) is 0 Å². The molecule has 0 fully saturated rings. The highest BCUT2D eigenvalue weighted by molar-refractivity contribution is 5.85. The highest BCUT2D eigenvalue weighted by Gasteiger charge is 2.17. The third-order valence-corrected chi connectivity index (χ3v) is 3.40. The third-order valence-electron chi connectivity index (χ3n) is 3.40. The lowest BCUT2D eigenvalue weighted by atomic mass is 10.3. The fourth-order valence-corrected chi connectivity index (χ4v) is 2.37. The molecule has 0 bridgehead atoms. The predicted octanol–water partition coefficient (Wildman–Crippen LogP) is 1.32. The van der Waals surface area contributed by atoms with E-state index in [1.807, 2.05) is 0 Å². The van der Waals surface area contributed by atoms with Crippen LogP contribution in [0.15, 0.2) is 41.0 Å². The van der Waals surface area contributed by atoms with Crippen molar-refractivity contribution in [3.05, 3.63) is 48.0 Å². The average molecular weight is 321 g/mol. The number of nitrogens with zero attached hydrogens (tertiary/aromatic N) is 6. The summed E-state index contributed by atoms with van der Waals surface area (Å²) in [6.07, 6.45) is 2.23. The molecule has 0 saturated heterocycles. The number of carbonyl (C=O) groups excluding carboxylic acids is 1. The van der Waals surface area contributed by atoms with Crippen molar-refractivity contribution in [1.82, 2.24) is 29.9 Å². The van der Waals surface area contributed by atoms with Crippen molar-refractivity contribution >= 4 is 23.4 Å². The Hall–Kier alpha value is -3.62. The number of nitrogen functional groups attached to an aromatic ring is 1. The largest absolute Gasteiger partial charge is 0.463 e. The number of fused-ring (bicyclic) bond motifs is 1. The van der Waals surface area contributed by atoms with E-state index in [0.717, 1.165) is 0 Å². The van der Waals surface area contributed by atoms with E-state index in [1.54, 1.807) is 41.3 Å². The molecule has 4 aromatic heterocycles. The highest BCUT2D eigenvalue weighted by atomic mass is 16.3. The lowest BCUT2D eigenvalue weighted by molar-refractivity contribution is 0.111. The van der Waals surface area contributed by atoms with E-state index in [2.05, 4.69) is 25.3 Å². The minimum atomic E-state index is 0.0899. The van der Waals surface area contributed by atoms with Crippen LogP contribution in [0.4, 0.5) is 5.95 Å². The summed E-state index contributed by atoms with van der Waals surface area (Å²) in [5.41, 5.74) is 8.23. The molecule has 4 heterocycles. The second kappa shape index (κ2) is 5.54. The molecule has 0 amide bonds. The van der Waals surface area contributed by atoms with Gasteiger partial charge >= 0.3 is 0 Å². The molecular formula is C15H11N7O2. The summed E-state index contributed by atoms with van der Waals surface area (Å²) in [6.45, 7) is 0.298. The van der Waals surface area contributed by atoms with Gasteiger partial charge in [0, 0.05) is 0 Å². The lowest BCUT2D eigenvalue weighted by Gasteiger charge is -2.03. The first-order chi connectivity index (χ1) is 11.7. The van der Waals surface area contributed by atoms with Crippen LogP contribution in [0.5, 0.6) is 0 Å². The van der Waals surface area contributed by atoms with Gasteiger partial charge in [0.1, 0.15) is 11.4 Å². The normalized spacial score (nSPS) is 11.0. The van der Waals surface area contributed by atoms with Gasteiger partial charge in [0.05, 0.1) is 18.5 Å². The molecule has 0 spiro atoms. The van der Waals surface area contributed by atoms with Crippen molar-refractivity contribution in [3.63, 3.8) is 0 Å². The van der Waals surface area contributed by atoms with Crippen LogP contribution < -0.4 is 5.73 Å². The van der Waals surface area contributed by atoms with Crippen molar-refractivity contribution in [2.45, 2.75) is 6.54 Å². The fourth-order valence-electron chi connectivity index (χ4n) is 2.37. The molecule has 4 rings (SSSR count). The summed E-state index contributed by atoms with van der Waals surface area (Å²) in [4.78, 5) is 23.5. The van der Waals surface area contributed by atoms with Crippen LogP contribution in [-0.2, 0) is 6.54 Å². The summed E-state index contributed by atoms with van der Waals surface area (Å²) in [7, 11) is 0. The minimum absolute atomic E-state index is 0.0899. The summed E-state index contributed by atoms with van der Waals surface area (Å²) in [5, 5.41) is 8.23.